The SMILES string of the molecule is CCCC[C@H](C)C[C@H](O)/C=C/[C@@H]1[C@H]2CC(CCCCCC(N)=O)=C[C@H]2C[C@H]1O. The van der Waals surface area contributed by atoms with Gasteiger partial charge in [0.1, 0.15) is 0 Å². The molecule has 6 atom stereocenters. The molecule has 2 rings (SSSR count). The average Bonchev–Trinajstić information content (AvgIpc) is 3.14. The Bertz CT molecular complexity index is 542. The van der Waals surface area contributed by atoms with Crippen molar-refractivity contribution in [3.8, 4) is 0 Å². The molecule has 4 heteroatoms. The first kappa shape index (κ1) is 23.2. The number of nitrogens with two attached hydrogens (primary N) is 1. The number of hydrogen-bond acceptors (Lipinski definition) is 3. The van der Waals surface area contributed by atoms with Gasteiger partial charge in [-0.1, -0.05) is 63.3 Å². The topological polar surface area (TPSA) is 83.5 Å². The Morgan fingerprint density at radius 3 is 2.82 bits per heavy atom. The number of fused-ring (bicyclic) bond motifs is 1. The highest BCUT2D eigenvalue weighted by Gasteiger charge is 2.43. The molecule has 1 saturated carbocycles. The number of allylic oxidation sites excluding steroid dienone is 2. The van der Waals surface area contributed by atoms with Crippen molar-refractivity contribution in [3.05, 3.63) is 23.8 Å². The van der Waals surface area contributed by atoms with Gasteiger partial charge in [-0.15, -0.1) is 0 Å². The van der Waals surface area contributed by atoms with Gasteiger partial charge in [-0.05, 0) is 56.3 Å². The van der Waals surface area contributed by atoms with Crippen LogP contribution in [0, 0.1) is 23.7 Å². The Labute approximate surface area is 171 Å². The van der Waals surface area contributed by atoms with Crippen LogP contribution in [-0.2, 0) is 4.79 Å². The predicted octanol–water partition coefficient (Wildman–Crippen LogP) is 4.50. The Kier molecular flexibility index (Phi) is 9.73. The van der Waals surface area contributed by atoms with Crippen LogP contribution in [-0.4, -0.2) is 28.3 Å². The molecule has 0 heterocycles. The van der Waals surface area contributed by atoms with Crippen molar-refractivity contribution < 1.29 is 15.0 Å². The first-order chi connectivity index (χ1) is 13.4. The minimum atomic E-state index is -0.405. The molecule has 4 N–H and O–H groups in total. The quantitative estimate of drug-likeness (QED) is 0.319. The molecule has 1 amide bonds. The van der Waals surface area contributed by atoms with Gasteiger partial charge in [0.25, 0.3) is 0 Å². The van der Waals surface area contributed by atoms with Crippen molar-refractivity contribution in [3.63, 3.8) is 0 Å². The minimum Gasteiger partial charge on any atom is -0.392 e. The highest BCUT2D eigenvalue weighted by molar-refractivity contribution is 5.73. The first-order valence-corrected chi connectivity index (χ1v) is 11.4. The number of primary amides is 1. The summed E-state index contributed by atoms with van der Waals surface area (Å²) < 4.78 is 0. The number of carbonyl (C=O) groups is 1. The molecule has 28 heavy (non-hydrogen) atoms. The van der Waals surface area contributed by atoms with Crippen molar-refractivity contribution in [2.45, 2.75) is 96.7 Å². The molecule has 0 saturated heterocycles. The van der Waals surface area contributed by atoms with E-state index in [2.05, 4.69) is 26.0 Å². The number of aliphatic hydroxyl groups excluding tert-OH is 2. The number of aliphatic hydroxyl groups is 2. The van der Waals surface area contributed by atoms with Gasteiger partial charge in [0.05, 0.1) is 12.2 Å². The van der Waals surface area contributed by atoms with Gasteiger partial charge in [0.15, 0.2) is 0 Å². The maximum absolute atomic E-state index is 10.8. The van der Waals surface area contributed by atoms with E-state index in [0.29, 0.717) is 24.2 Å². The Morgan fingerprint density at radius 1 is 1.32 bits per heavy atom. The molecule has 0 unspecified atom stereocenters. The molecule has 2 aliphatic rings. The summed E-state index contributed by atoms with van der Waals surface area (Å²) in [6, 6.07) is 0. The maximum atomic E-state index is 10.8. The van der Waals surface area contributed by atoms with Crippen molar-refractivity contribution >= 4 is 5.91 Å². The van der Waals surface area contributed by atoms with E-state index in [9.17, 15) is 15.0 Å². The zero-order valence-electron chi connectivity index (χ0n) is 17.9. The van der Waals surface area contributed by atoms with Gasteiger partial charge in [0.2, 0.25) is 5.91 Å². The molecule has 4 nitrogen and oxygen atoms in total. The summed E-state index contributed by atoms with van der Waals surface area (Å²) in [4.78, 5) is 10.8. The summed E-state index contributed by atoms with van der Waals surface area (Å²) in [7, 11) is 0. The van der Waals surface area contributed by atoms with Crippen LogP contribution in [0.3, 0.4) is 0 Å². The summed E-state index contributed by atoms with van der Waals surface area (Å²) in [5, 5.41) is 20.8. The lowest BCUT2D eigenvalue weighted by atomic mass is 9.88. The molecule has 0 radical (unpaired) electrons. The molecule has 160 valence electrons. The molecule has 0 bridgehead atoms. The lowest BCUT2D eigenvalue weighted by Crippen LogP contribution is -2.18. The Morgan fingerprint density at radius 2 is 2.11 bits per heavy atom. The fraction of sp³-hybridized carbons (Fsp3) is 0.792. The highest BCUT2D eigenvalue weighted by Crippen LogP contribution is 2.48. The highest BCUT2D eigenvalue weighted by atomic mass is 16.3. The van der Waals surface area contributed by atoms with Crippen LogP contribution in [0.25, 0.3) is 0 Å². The van der Waals surface area contributed by atoms with Crippen molar-refractivity contribution in [2.75, 3.05) is 0 Å². The molecule has 0 aliphatic heterocycles. The van der Waals surface area contributed by atoms with E-state index < -0.39 is 6.10 Å². The average molecular weight is 392 g/mol. The number of rotatable bonds is 13. The maximum Gasteiger partial charge on any atom is 0.217 e. The van der Waals surface area contributed by atoms with Gasteiger partial charge >= 0.3 is 0 Å². The van der Waals surface area contributed by atoms with E-state index in [1.165, 1.54) is 24.8 Å². The van der Waals surface area contributed by atoms with E-state index in [1.807, 2.05) is 6.08 Å². The third kappa shape index (κ3) is 7.36. The molecule has 0 aromatic heterocycles. The van der Waals surface area contributed by atoms with Crippen LogP contribution in [0.2, 0.25) is 0 Å². The molecular formula is C24H41NO3. The lowest BCUT2D eigenvalue weighted by molar-refractivity contribution is -0.118. The van der Waals surface area contributed by atoms with Crippen molar-refractivity contribution in [2.24, 2.45) is 29.4 Å². The lowest BCUT2D eigenvalue weighted by Gasteiger charge is -2.19. The van der Waals surface area contributed by atoms with Crippen LogP contribution in [0.1, 0.15) is 84.5 Å². The van der Waals surface area contributed by atoms with Gasteiger partial charge < -0.3 is 15.9 Å². The molecular weight excluding hydrogens is 350 g/mol. The second-order valence-electron chi connectivity index (χ2n) is 9.20. The molecule has 2 aliphatic carbocycles. The third-order valence-electron chi connectivity index (χ3n) is 6.62. The zero-order chi connectivity index (χ0) is 20.5. The minimum absolute atomic E-state index is 0.161. The monoisotopic (exact) mass is 391 g/mol. The fourth-order valence-electron chi connectivity index (χ4n) is 5.04. The molecule has 0 spiro atoms. The van der Waals surface area contributed by atoms with Crippen LogP contribution in [0.5, 0.6) is 0 Å². The van der Waals surface area contributed by atoms with E-state index in [4.69, 9.17) is 5.73 Å². The predicted molar refractivity (Wildman–Crippen MR) is 115 cm³/mol. The summed E-state index contributed by atoms with van der Waals surface area (Å²) in [6.45, 7) is 4.41. The van der Waals surface area contributed by atoms with E-state index in [0.717, 1.165) is 44.9 Å². The number of hydrogen-bond donors (Lipinski definition) is 3. The van der Waals surface area contributed by atoms with Gasteiger partial charge in [-0.25, -0.2) is 0 Å². The van der Waals surface area contributed by atoms with Gasteiger partial charge in [0, 0.05) is 12.3 Å². The second kappa shape index (κ2) is 11.8. The van der Waals surface area contributed by atoms with Crippen LogP contribution in [0.15, 0.2) is 23.8 Å². The Balaban J connectivity index is 1.76. The Hall–Kier alpha value is -1.13. The summed E-state index contributed by atoms with van der Waals surface area (Å²) in [6.07, 6.45) is 16.6. The largest absolute Gasteiger partial charge is 0.392 e. The summed E-state index contributed by atoms with van der Waals surface area (Å²) in [5.41, 5.74) is 6.69. The zero-order valence-corrected chi connectivity index (χ0v) is 17.9. The molecule has 0 aromatic rings. The fourth-order valence-corrected chi connectivity index (χ4v) is 5.04. The van der Waals surface area contributed by atoms with Gasteiger partial charge in [-0.2, -0.15) is 0 Å². The van der Waals surface area contributed by atoms with Crippen LogP contribution >= 0.6 is 0 Å². The van der Waals surface area contributed by atoms with Crippen molar-refractivity contribution in [1.82, 2.24) is 0 Å². The smallest absolute Gasteiger partial charge is 0.217 e. The third-order valence-corrected chi connectivity index (χ3v) is 6.62. The first-order valence-electron chi connectivity index (χ1n) is 11.4. The second-order valence-corrected chi connectivity index (χ2v) is 9.20. The van der Waals surface area contributed by atoms with E-state index in [-0.39, 0.29) is 17.9 Å². The number of carbonyl (C=O) groups excluding carboxylic acids is 1. The van der Waals surface area contributed by atoms with E-state index >= 15 is 0 Å². The summed E-state index contributed by atoms with van der Waals surface area (Å²) >= 11 is 0. The normalized spacial score (nSPS) is 29.1. The molecule has 0 aromatic carbocycles. The van der Waals surface area contributed by atoms with Crippen LogP contribution in [0.4, 0.5) is 0 Å². The standard InChI is InChI=1S/C24H41NO3/c1-3-4-8-17(2)13-20(26)11-12-21-22-15-18(14-19(22)16-23(21)27)9-6-5-7-10-24(25)28/h11-12,14,17,19-23,26-27H,3-10,13,15-16H2,1-2H3,(H2,25,28)/b12-11+/t17-,19-,20+,21+,22-,23+/m0/s1. The summed E-state index contributed by atoms with van der Waals surface area (Å²) in [5.74, 6) is 1.45. The van der Waals surface area contributed by atoms with Crippen molar-refractivity contribution in [1.29, 1.82) is 0 Å². The van der Waals surface area contributed by atoms with Gasteiger partial charge in [-0.3, -0.25) is 4.79 Å². The van der Waals surface area contributed by atoms with E-state index in [1.54, 1.807) is 0 Å². The van der Waals surface area contributed by atoms with Crippen LogP contribution < -0.4 is 5.73 Å². The molecule has 1 fully saturated rings. The number of unbranched alkanes of at least 4 members (excludes halogenated alkanes) is 3. The number of amides is 1.